The number of nitrogens with two attached hydrogens (primary N) is 1. The Balaban J connectivity index is 1.91. The van der Waals surface area contributed by atoms with Crippen molar-refractivity contribution in [1.29, 1.82) is 0 Å². The van der Waals surface area contributed by atoms with Crippen LogP contribution in [-0.4, -0.2) is 38.8 Å². The highest BCUT2D eigenvalue weighted by Crippen LogP contribution is 2.14. The predicted molar refractivity (Wildman–Crippen MR) is 58.2 cm³/mol. The van der Waals surface area contributed by atoms with Crippen molar-refractivity contribution in [2.45, 2.75) is 38.9 Å². The number of hydrogen-bond donors (Lipinski definition) is 1. The molecule has 0 fully saturated rings. The molecule has 1 atom stereocenters. The number of nitrogens with zero attached hydrogens (tertiary/aromatic N) is 4. The van der Waals surface area contributed by atoms with Gasteiger partial charge in [0, 0.05) is 19.1 Å². The zero-order chi connectivity index (χ0) is 10.7. The Morgan fingerprint density at radius 1 is 1.53 bits per heavy atom. The van der Waals surface area contributed by atoms with Crippen LogP contribution in [0, 0.1) is 0 Å². The van der Waals surface area contributed by atoms with Crippen LogP contribution in [0.25, 0.3) is 0 Å². The van der Waals surface area contributed by atoms with Gasteiger partial charge in [0.15, 0.2) is 0 Å². The Hall–Kier alpha value is -0.940. The van der Waals surface area contributed by atoms with Crippen LogP contribution in [0.5, 0.6) is 0 Å². The summed E-state index contributed by atoms with van der Waals surface area (Å²) in [7, 11) is 0. The average molecular weight is 209 g/mol. The Bertz CT molecular complexity index is 309. The SMILES string of the molecule is CC(CCCN)N1CCn2cnnc2C1. The number of hydrogen-bond acceptors (Lipinski definition) is 4. The fourth-order valence-electron chi connectivity index (χ4n) is 2.06. The zero-order valence-electron chi connectivity index (χ0n) is 9.26. The van der Waals surface area contributed by atoms with Crippen LogP contribution in [0.1, 0.15) is 25.6 Å². The van der Waals surface area contributed by atoms with Gasteiger partial charge in [-0.25, -0.2) is 0 Å². The lowest BCUT2D eigenvalue weighted by Gasteiger charge is -2.32. The Morgan fingerprint density at radius 2 is 2.40 bits per heavy atom. The molecule has 15 heavy (non-hydrogen) atoms. The quantitative estimate of drug-likeness (QED) is 0.770. The van der Waals surface area contributed by atoms with Crippen molar-refractivity contribution >= 4 is 0 Å². The van der Waals surface area contributed by atoms with Crippen molar-refractivity contribution < 1.29 is 0 Å². The molecule has 2 N–H and O–H groups in total. The summed E-state index contributed by atoms with van der Waals surface area (Å²) in [5.41, 5.74) is 5.52. The van der Waals surface area contributed by atoms with Crippen molar-refractivity contribution in [3.8, 4) is 0 Å². The fraction of sp³-hybridized carbons (Fsp3) is 0.800. The second-order valence-corrected chi connectivity index (χ2v) is 4.19. The highest BCUT2D eigenvalue weighted by Gasteiger charge is 2.20. The first kappa shape index (κ1) is 10.6. The van der Waals surface area contributed by atoms with Gasteiger partial charge < -0.3 is 10.3 Å². The first-order valence-electron chi connectivity index (χ1n) is 5.62. The van der Waals surface area contributed by atoms with Crippen LogP contribution in [0.3, 0.4) is 0 Å². The summed E-state index contributed by atoms with van der Waals surface area (Å²) in [6.45, 7) is 6.08. The number of aromatic nitrogens is 3. The van der Waals surface area contributed by atoms with E-state index < -0.39 is 0 Å². The molecule has 84 valence electrons. The van der Waals surface area contributed by atoms with Gasteiger partial charge >= 0.3 is 0 Å². The molecule has 0 saturated carbocycles. The summed E-state index contributed by atoms with van der Waals surface area (Å²) in [6.07, 6.45) is 4.09. The molecular weight excluding hydrogens is 190 g/mol. The zero-order valence-corrected chi connectivity index (χ0v) is 9.26. The Labute approximate surface area is 90.3 Å². The second kappa shape index (κ2) is 4.72. The summed E-state index contributed by atoms with van der Waals surface area (Å²) < 4.78 is 2.13. The van der Waals surface area contributed by atoms with Crippen LogP contribution < -0.4 is 5.73 Å². The van der Waals surface area contributed by atoms with Gasteiger partial charge in [-0.05, 0) is 26.3 Å². The monoisotopic (exact) mass is 209 g/mol. The van der Waals surface area contributed by atoms with E-state index in [2.05, 4.69) is 26.6 Å². The molecule has 0 bridgehead atoms. The van der Waals surface area contributed by atoms with E-state index in [0.717, 1.165) is 38.4 Å². The maximum atomic E-state index is 5.52. The normalized spacial score (nSPS) is 18.8. The van der Waals surface area contributed by atoms with Crippen molar-refractivity contribution in [3.05, 3.63) is 12.2 Å². The Morgan fingerprint density at radius 3 is 3.20 bits per heavy atom. The van der Waals surface area contributed by atoms with Gasteiger partial charge in [-0.15, -0.1) is 10.2 Å². The lowest BCUT2D eigenvalue weighted by atomic mass is 10.1. The molecule has 0 amide bonds. The van der Waals surface area contributed by atoms with Crippen LogP contribution in [0.2, 0.25) is 0 Å². The molecule has 1 aromatic rings. The van der Waals surface area contributed by atoms with Gasteiger partial charge in [0.25, 0.3) is 0 Å². The summed E-state index contributed by atoms with van der Waals surface area (Å²) in [4.78, 5) is 2.46. The van der Waals surface area contributed by atoms with E-state index >= 15 is 0 Å². The summed E-state index contributed by atoms with van der Waals surface area (Å²) in [6, 6.07) is 0.596. The summed E-state index contributed by atoms with van der Waals surface area (Å²) in [5.74, 6) is 1.08. The molecule has 0 aromatic carbocycles. The van der Waals surface area contributed by atoms with Gasteiger partial charge in [-0.3, -0.25) is 4.90 Å². The largest absolute Gasteiger partial charge is 0.330 e. The van der Waals surface area contributed by atoms with Gasteiger partial charge in [-0.1, -0.05) is 0 Å². The van der Waals surface area contributed by atoms with Crippen molar-refractivity contribution in [1.82, 2.24) is 19.7 Å². The molecule has 1 unspecified atom stereocenters. The van der Waals surface area contributed by atoms with Gasteiger partial charge in [0.05, 0.1) is 6.54 Å². The first-order valence-corrected chi connectivity index (χ1v) is 5.62. The minimum absolute atomic E-state index is 0.596. The maximum Gasteiger partial charge on any atom is 0.147 e. The molecule has 0 saturated heterocycles. The van der Waals surface area contributed by atoms with E-state index in [-0.39, 0.29) is 0 Å². The highest BCUT2D eigenvalue weighted by atomic mass is 15.3. The van der Waals surface area contributed by atoms with E-state index in [1.165, 1.54) is 6.42 Å². The molecule has 0 spiro atoms. The molecule has 5 heteroatoms. The van der Waals surface area contributed by atoms with E-state index in [4.69, 9.17) is 5.73 Å². The van der Waals surface area contributed by atoms with Crippen LogP contribution in [0.15, 0.2) is 6.33 Å². The lowest BCUT2D eigenvalue weighted by molar-refractivity contribution is 0.154. The first-order chi connectivity index (χ1) is 7.31. The maximum absolute atomic E-state index is 5.52. The second-order valence-electron chi connectivity index (χ2n) is 4.19. The van der Waals surface area contributed by atoms with Crippen LogP contribution in [-0.2, 0) is 13.1 Å². The van der Waals surface area contributed by atoms with Gasteiger partial charge in [0.2, 0.25) is 0 Å². The van der Waals surface area contributed by atoms with Gasteiger partial charge in [0.1, 0.15) is 12.2 Å². The third-order valence-electron chi connectivity index (χ3n) is 3.12. The summed E-state index contributed by atoms with van der Waals surface area (Å²) >= 11 is 0. The fourth-order valence-corrected chi connectivity index (χ4v) is 2.06. The molecule has 2 heterocycles. The predicted octanol–water partition coefficient (Wildman–Crippen LogP) is 0.221. The molecule has 0 radical (unpaired) electrons. The minimum Gasteiger partial charge on any atom is -0.330 e. The molecule has 1 aromatic heterocycles. The third-order valence-corrected chi connectivity index (χ3v) is 3.12. The molecule has 1 aliphatic heterocycles. The molecule has 1 aliphatic rings. The average Bonchev–Trinajstić information content (AvgIpc) is 2.72. The highest BCUT2D eigenvalue weighted by molar-refractivity contribution is 4.91. The topological polar surface area (TPSA) is 60.0 Å². The van der Waals surface area contributed by atoms with E-state index in [0.29, 0.717) is 6.04 Å². The van der Waals surface area contributed by atoms with E-state index in [9.17, 15) is 0 Å². The Kier molecular flexibility index (Phi) is 3.33. The number of rotatable bonds is 4. The number of fused-ring (bicyclic) bond motifs is 1. The van der Waals surface area contributed by atoms with E-state index in [1.807, 2.05) is 6.33 Å². The van der Waals surface area contributed by atoms with Crippen molar-refractivity contribution in [2.24, 2.45) is 5.73 Å². The van der Waals surface area contributed by atoms with Crippen LogP contribution in [0.4, 0.5) is 0 Å². The third kappa shape index (κ3) is 2.35. The molecular formula is C10H19N5. The lowest BCUT2D eigenvalue weighted by Crippen LogP contribution is -2.39. The molecule has 2 rings (SSSR count). The molecule has 5 nitrogen and oxygen atoms in total. The molecule has 0 aliphatic carbocycles. The van der Waals surface area contributed by atoms with Gasteiger partial charge in [-0.2, -0.15) is 0 Å². The standard InChI is InChI=1S/C10H19N5/c1-9(3-2-4-11)14-5-6-15-8-12-13-10(15)7-14/h8-9H,2-7,11H2,1H3. The van der Waals surface area contributed by atoms with E-state index in [1.54, 1.807) is 0 Å². The smallest absolute Gasteiger partial charge is 0.147 e. The van der Waals surface area contributed by atoms with Crippen molar-refractivity contribution in [2.75, 3.05) is 13.1 Å². The van der Waals surface area contributed by atoms with Crippen molar-refractivity contribution in [3.63, 3.8) is 0 Å². The minimum atomic E-state index is 0.596. The summed E-state index contributed by atoms with van der Waals surface area (Å²) in [5, 5.41) is 8.04. The van der Waals surface area contributed by atoms with Crippen LogP contribution >= 0.6 is 0 Å².